The van der Waals surface area contributed by atoms with Gasteiger partial charge in [0, 0.05) is 39.7 Å². The predicted octanol–water partition coefficient (Wildman–Crippen LogP) is 6.42. The molecule has 0 fully saturated rings. The van der Waals surface area contributed by atoms with Gasteiger partial charge in [0.25, 0.3) is 0 Å². The van der Waals surface area contributed by atoms with E-state index in [2.05, 4.69) is 52.5 Å². The van der Waals surface area contributed by atoms with Crippen molar-refractivity contribution in [2.24, 2.45) is 0 Å². The first kappa shape index (κ1) is 17.8. The van der Waals surface area contributed by atoms with Gasteiger partial charge in [-0.25, -0.2) is 4.39 Å². The lowest BCUT2D eigenvalue weighted by Crippen LogP contribution is -2.19. The fraction of sp³-hybridized carbons (Fsp3) is 0.0952. The highest BCUT2D eigenvalue weighted by atomic mass is 35.5. The second kappa shape index (κ2) is 7.18. The number of para-hydroxylation sites is 1. The Bertz CT molecular complexity index is 1170. The monoisotopic (exact) mass is 397 g/mol. The molecule has 0 aliphatic rings. The van der Waals surface area contributed by atoms with Crippen molar-refractivity contribution in [3.63, 3.8) is 0 Å². The van der Waals surface area contributed by atoms with Gasteiger partial charge in [0.1, 0.15) is 5.82 Å². The molecule has 0 spiro atoms. The van der Waals surface area contributed by atoms with Crippen LogP contribution < -0.4 is 10.6 Å². The molecule has 0 saturated heterocycles. The lowest BCUT2D eigenvalue weighted by atomic mass is 10.1. The molecule has 2 N–H and O–H groups in total. The number of aryl methyl sites for hydroxylation is 1. The van der Waals surface area contributed by atoms with Crippen molar-refractivity contribution in [2.75, 3.05) is 10.6 Å². The third-order valence-electron chi connectivity index (χ3n) is 4.52. The van der Waals surface area contributed by atoms with Crippen LogP contribution in [0.1, 0.15) is 6.92 Å². The molecule has 3 nitrogen and oxygen atoms in total. The Morgan fingerprint density at radius 2 is 1.63 bits per heavy atom. The molecule has 0 amide bonds. The number of hydrogen-bond acceptors (Lipinski definition) is 1. The molecule has 4 rings (SSSR count). The minimum Gasteiger partial charge on any atom is -0.341 e. The Kier molecular flexibility index (Phi) is 4.72. The zero-order valence-corrected chi connectivity index (χ0v) is 16.2. The molecule has 1 heterocycles. The van der Waals surface area contributed by atoms with Crippen LogP contribution in [0.4, 0.5) is 15.8 Å². The van der Waals surface area contributed by atoms with Gasteiger partial charge in [-0.3, -0.25) is 0 Å². The number of hydrogen-bond donors (Lipinski definition) is 2. The first-order valence-corrected chi connectivity index (χ1v) is 9.39. The van der Waals surface area contributed by atoms with Crippen molar-refractivity contribution in [3.8, 4) is 0 Å². The summed E-state index contributed by atoms with van der Waals surface area (Å²) in [5.41, 5.74) is 3.80. The first-order chi connectivity index (χ1) is 13.1. The van der Waals surface area contributed by atoms with E-state index in [0.29, 0.717) is 10.8 Å². The lowest BCUT2D eigenvalue weighted by molar-refractivity contribution is 0.629. The summed E-state index contributed by atoms with van der Waals surface area (Å²) in [5, 5.41) is 8.98. The van der Waals surface area contributed by atoms with Gasteiger partial charge in [0.15, 0.2) is 5.11 Å². The summed E-state index contributed by atoms with van der Waals surface area (Å²) in [6, 6.07) is 19.0. The standard InChI is InChI=1S/C21H17ClFN3S/c1-2-26-19-6-4-3-5-15(19)16-11-13(8-10-20(16)26)24-21(27)25-14-7-9-17(22)18(23)12-14/h3-12H,2H2,1H3,(H2,24,25,27). The van der Waals surface area contributed by atoms with Crippen molar-refractivity contribution < 1.29 is 4.39 Å². The van der Waals surface area contributed by atoms with Crippen LogP contribution in [0.2, 0.25) is 5.02 Å². The van der Waals surface area contributed by atoms with Crippen LogP contribution in [-0.4, -0.2) is 9.68 Å². The van der Waals surface area contributed by atoms with Crippen molar-refractivity contribution in [1.29, 1.82) is 0 Å². The van der Waals surface area contributed by atoms with Crippen LogP contribution in [0.3, 0.4) is 0 Å². The summed E-state index contributed by atoms with van der Waals surface area (Å²) in [4.78, 5) is 0. The molecule has 0 aliphatic heterocycles. The van der Waals surface area contributed by atoms with Crippen LogP contribution in [0.25, 0.3) is 21.8 Å². The molecule has 4 aromatic rings. The van der Waals surface area contributed by atoms with Gasteiger partial charge in [-0.05, 0) is 61.6 Å². The van der Waals surface area contributed by atoms with Crippen LogP contribution in [0.15, 0.2) is 60.7 Å². The van der Waals surface area contributed by atoms with Crippen LogP contribution in [-0.2, 0) is 6.54 Å². The highest BCUT2D eigenvalue weighted by molar-refractivity contribution is 7.80. The van der Waals surface area contributed by atoms with E-state index in [9.17, 15) is 4.39 Å². The quantitative estimate of drug-likeness (QED) is 0.391. The fourth-order valence-electron chi connectivity index (χ4n) is 3.34. The zero-order chi connectivity index (χ0) is 19.0. The Hall–Kier alpha value is -2.63. The molecule has 136 valence electrons. The molecule has 0 unspecified atom stereocenters. The molecule has 0 radical (unpaired) electrons. The number of aromatic nitrogens is 1. The molecule has 0 atom stereocenters. The van der Waals surface area contributed by atoms with Crippen LogP contribution in [0.5, 0.6) is 0 Å². The average Bonchev–Trinajstić information content (AvgIpc) is 2.98. The van der Waals surface area contributed by atoms with Gasteiger partial charge in [-0.15, -0.1) is 0 Å². The number of rotatable bonds is 3. The molecule has 6 heteroatoms. The largest absolute Gasteiger partial charge is 0.341 e. The summed E-state index contributed by atoms with van der Waals surface area (Å²) in [7, 11) is 0. The van der Waals surface area contributed by atoms with Gasteiger partial charge in [-0.2, -0.15) is 0 Å². The van der Waals surface area contributed by atoms with E-state index in [1.165, 1.54) is 28.6 Å². The Labute approximate surface area is 166 Å². The normalized spacial score (nSPS) is 11.1. The average molecular weight is 398 g/mol. The first-order valence-electron chi connectivity index (χ1n) is 8.61. The minimum absolute atomic E-state index is 0.0807. The van der Waals surface area contributed by atoms with Crippen LogP contribution >= 0.6 is 23.8 Å². The van der Waals surface area contributed by atoms with Gasteiger partial charge in [-0.1, -0.05) is 29.8 Å². The second-order valence-corrected chi connectivity index (χ2v) is 7.02. The number of nitrogens with one attached hydrogen (secondary N) is 2. The van der Waals surface area contributed by atoms with E-state index >= 15 is 0 Å². The van der Waals surface area contributed by atoms with E-state index in [0.717, 1.165) is 17.6 Å². The number of fused-ring (bicyclic) bond motifs is 3. The number of anilines is 2. The van der Waals surface area contributed by atoms with E-state index in [1.807, 2.05) is 12.1 Å². The number of benzene rings is 3. The van der Waals surface area contributed by atoms with E-state index in [4.69, 9.17) is 23.8 Å². The van der Waals surface area contributed by atoms with Gasteiger partial charge < -0.3 is 15.2 Å². The maximum absolute atomic E-state index is 13.6. The van der Waals surface area contributed by atoms with Gasteiger partial charge in [0.05, 0.1) is 5.02 Å². The van der Waals surface area contributed by atoms with Crippen molar-refractivity contribution >= 4 is 62.1 Å². The minimum atomic E-state index is -0.488. The summed E-state index contributed by atoms with van der Waals surface area (Å²) in [6.07, 6.45) is 0. The molecule has 0 aliphatic carbocycles. The molecule has 0 saturated carbocycles. The van der Waals surface area contributed by atoms with Crippen LogP contribution in [0, 0.1) is 5.82 Å². The number of halogens is 2. The molecule has 0 bridgehead atoms. The molecule has 3 aromatic carbocycles. The van der Waals surface area contributed by atoms with E-state index in [1.54, 1.807) is 6.07 Å². The SMILES string of the molecule is CCn1c2ccccc2c2cc(NC(=S)Nc3ccc(Cl)c(F)c3)ccc21. The van der Waals surface area contributed by atoms with Crippen molar-refractivity contribution in [2.45, 2.75) is 13.5 Å². The number of nitrogens with zero attached hydrogens (tertiary/aromatic N) is 1. The van der Waals surface area contributed by atoms with Crippen molar-refractivity contribution in [1.82, 2.24) is 4.57 Å². The number of thiocarbonyl (C=S) groups is 1. The Morgan fingerprint density at radius 1 is 0.963 bits per heavy atom. The zero-order valence-electron chi connectivity index (χ0n) is 14.6. The van der Waals surface area contributed by atoms with Gasteiger partial charge >= 0.3 is 0 Å². The molecule has 1 aromatic heterocycles. The maximum atomic E-state index is 13.6. The topological polar surface area (TPSA) is 29.0 Å². The predicted molar refractivity (Wildman–Crippen MR) is 116 cm³/mol. The molecular weight excluding hydrogens is 381 g/mol. The van der Waals surface area contributed by atoms with E-state index in [-0.39, 0.29) is 5.02 Å². The fourth-order valence-corrected chi connectivity index (χ4v) is 3.69. The maximum Gasteiger partial charge on any atom is 0.175 e. The van der Waals surface area contributed by atoms with Gasteiger partial charge in [0.2, 0.25) is 0 Å². The summed E-state index contributed by atoms with van der Waals surface area (Å²) in [6.45, 7) is 3.04. The highest BCUT2D eigenvalue weighted by Gasteiger charge is 2.10. The van der Waals surface area contributed by atoms with Crippen molar-refractivity contribution in [3.05, 3.63) is 71.5 Å². The third-order valence-corrected chi connectivity index (χ3v) is 5.03. The third kappa shape index (κ3) is 3.36. The molecular formula is C21H17ClFN3S. The van der Waals surface area contributed by atoms with E-state index < -0.39 is 5.82 Å². The highest BCUT2D eigenvalue weighted by Crippen LogP contribution is 2.31. The Morgan fingerprint density at radius 3 is 2.37 bits per heavy atom. The second-order valence-electron chi connectivity index (χ2n) is 6.20. The summed E-state index contributed by atoms with van der Waals surface area (Å²) < 4.78 is 15.9. The lowest BCUT2D eigenvalue weighted by Gasteiger charge is -2.11. The summed E-state index contributed by atoms with van der Waals surface area (Å²) >= 11 is 11.1. The summed E-state index contributed by atoms with van der Waals surface area (Å²) in [5.74, 6) is -0.488. The molecule has 27 heavy (non-hydrogen) atoms. The smallest absolute Gasteiger partial charge is 0.175 e. The Balaban J connectivity index is 1.63.